The van der Waals surface area contributed by atoms with Gasteiger partial charge in [-0.3, -0.25) is 14.9 Å². The maximum atomic E-state index is 11.3. The molecule has 1 heterocycles. The molecule has 2 rings (SSSR count). The summed E-state index contributed by atoms with van der Waals surface area (Å²) in [5.41, 5.74) is 6.38. The summed E-state index contributed by atoms with van der Waals surface area (Å²) in [6.45, 7) is 0. The third-order valence-corrected chi connectivity index (χ3v) is 2.84. The number of carbonyl (C=O) groups is 1. The van der Waals surface area contributed by atoms with E-state index >= 15 is 0 Å². The van der Waals surface area contributed by atoms with Gasteiger partial charge in [-0.05, 0) is 18.1 Å². The van der Waals surface area contributed by atoms with Crippen molar-refractivity contribution in [2.75, 3.05) is 5.32 Å². The molecule has 84 valence electrons. The molecule has 1 atom stereocenters. The quantitative estimate of drug-likeness (QED) is 0.598. The number of anilines is 1. The molecular formula is C9H8BrN3O3. The first kappa shape index (κ1) is 11.0. The Balaban J connectivity index is 2.59. The van der Waals surface area contributed by atoms with Crippen LogP contribution in [0, 0.1) is 10.1 Å². The number of hydrogen-bond donors (Lipinski definition) is 2. The fourth-order valence-corrected chi connectivity index (χ4v) is 2.14. The second kappa shape index (κ2) is 3.84. The van der Waals surface area contributed by atoms with Crippen molar-refractivity contribution in [3.05, 3.63) is 32.3 Å². The highest BCUT2D eigenvalue weighted by Crippen LogP contribution is 2.35. The van der Waals surface area contributed by atoms with Gasteiger partial charge in [0.05, 0.1) is 11.0 Å². The van der Waals surface area contributed by atoms with E-state index < -0.39 is 16.9 Å². The summed E-state index contributed by atoms with van der Waals surface area (Å²) in [5.74, 6) is -0.391. The number of carbonyl (C=O) groups excluding carboxylic acids is 1. The van der Waals surface area contributed by atoms with Crippen molar-refractivity contribution in [2.24, 2.45) is 5.73 Å². The van der Waals surface area contributed by atoms with Crippen LogP contribution < -0.4 is 11.1 Å². The maximum Gasteiger partial charge on any atom is 0.294 e. The van der Waals surface area contributed by atoms with Crippen LogP contribution in [-0.4, -0.2) is 16.9 Å². The minimum atomic E-state index is -0.651. The van der Waals surface area contributed by atoms with Crippen LogP contribution in [0.4, 0.5) is 11.4 Å². The molecule has 0 aliphatic carbocycles. The van der Waals surface area contributed by atoms with E-state index in [9.17, 15) is 14.9 Å². The van der Waals surface area contributed by atoms with Crippen LogP contribution in [0.3, 0.4) is 0 Å². The zero-order chi connectivity index (χ0) is 11.9. The third-order valence-electron chi connectivity index (χ3n) is 2.39. The number of hydrogen-bond acceptors (Lipinski definition) is 4. The zero-order valence-corrected chi connectivity index (χ0v) is 9.65. The summed E-state index contributed by atoms with van der Waals surface area (Å²) in [4.78, 5) is 21.6. The minimum absolute atomic E-state index is 0.121. The molecule has 0 spiro atoms. The Morgan fingerprint density at radius 1 is 1.56 bits per heavy atom. The highest BCUT2D eigenvalue weighted by Gasteiger charge is 2.29. The number of nitro groups is 1. The lowest BCUT2D eigenvalue weighted by Gasteiger charge is -2.21. The number of nitrogens with two attached hydrogens (primary N) is 1. The Kier molecular flexibility index (Phi) is 2.64. The number of rotatable bonds is 1. The maximum absolute atomic E-state index is 11.3. The van der Waals surface area contributed by atoms with Gasteiger partial charge in [-0.15, -0.1) is 0 Å². The van der Waals surface area contributed by atoms with Crippen molar-refractivity contribution in [1.29, 1.82) is 0 Å². The SMILES string of the molecule is NC1Cc2cc(Br)cc([N+](=O)[O-])c2NC1=O. The molecule has 0 bridgehead atoms. The van der Waals surface area contributed by atoms with Crippen molar-refractivity contribution in [2.45, 2.75) is 12.5 Å². The van der Waals surface area contributed by atoms with Gasteiger partial charge in [-0.1, -0.05) is 15.9 Å². The Labute approximate surface area is 99.1 Å². The summed E-state index contributed by atoms with van der Waals surface area (Å²) < 4.78 is 0.598. The van der Waals surface area contributed by atoms with Gasteiger partial charge in [0.25, 0.3) is 5.69 Å². The van der Waals surface area contributed by atoms with Crippen LogP contribution in [0.1, 0.15) is 5.56 Å². The van der Waals surface area contributed by atoms with Crippen molar-refractivity contribution in [3.63, 3.8) is 0 Å². The van der Waals surface area contributed by atoms with E-state index in [1.54, 1.807) is 6.07 Å². The van der Waals surface area contributed by atoms with Crippen LogP contribution in [-0.2, 0) is 11.2 Å². The van der Waals surface area contributed by atoms with E-state index in [-0.39, 0.29) is 11.4 Å². The van der Waals surface area contributed by atoms with Crippen LogP contribution in [0.5, 0.6) is 0 Å². The predicted octanol–water partition coefficient (Wildman–Crippen LogP) is 1.18. The molecule has 1 aliphatic heterocycles. The van der Waals surface area contributed by atoms with Crippen LogP contribution >= 0.6 is 15.9 Å². The number of nitrogens with zero attached hydrogens (tertiary/aromatic N) is 1. The van der Waals surface area contributed by atoms with Crippen LogP contribution in [0.2, 0.25) is 0 Å². The lowest BCUT2D eigenvalue weighted by Crippen LogP contribution is -2.41. The average Bonchev–Trinajstić information content (AvgIpc) is 2.19. The summed E-state index contributed by atoms with van der Waals surface area (Å²) >= 11 is 3.19. The van der Waals surface area contributed by atoms with E-state index in [1.807, 2.05) is 0 Å². The lowest BCUT2D eigenvalue weighted by atomic mass is 9.99. The standard InChI is InChI=1S/C9H8BrN3O3/c10-5-1-4-2-6(11)9(14)12-8(4)7(3-5)13(15)16/h1,3,6H,2,11H2,(H,12,14). The number of nitrogens with one attached hydrogen (secondary N) is 1. The Bertz CT molecular complexity index is 489. The van der Waals surface area contributed by atoms with E-state index in [0.29, 0.717) is 16.5 Å². The first-order valence-electron chi connectivity index (χ1n) is 4.52. The number of benzene rings is 1. The molecule has 3 N–H and O–H groups in total. The molecule has 1 aromatic carbocycles. The van der Waals surface area contributed by atoms with E-state index in [4.69, 9.17) is 5.73 Å². The predicted molar refractivity (Wildman–Crippen MR) is 61.1 cm³/mol. The highest BCUT2D eigenvalue weighted by atomic mass is 79.9. The van der Waals surface area contributed by atoms with Gasteiger partial charge in [-0.2, -0.15) is 0 Å². The molecule has 0 saturated heterocycles. The second-order valence-corrected chi connectivity index (χ2v) is 4.43. The summed E-state index contributed by atoms with van der Waals surface area (Å²) in [5, 5.41) is 13.3. The number of halogens is 1. The van der Waals surface area contributed by atoms with Gasteiger partial charge in [0, 0.05) is 10.5 Å². The first-order chi connectivity index (χ1) is 7.49. The molecule has 1 amide bonds. The molecule has 1 aliphatic rings. The van der Waals surface area contributed by atoms with Gasteiger partial charge >= 0.3 is 0 Å². The lowest BCUT2D eigenvalue weighted by molar-refractivity contribution is -0.384. The Morgan fingerprint density at radius 3 is 2.88 bits per heavy atom. The zero-order valence-electron chi connectivity index (χ0n) is 8.07. The average molecular weight is 286 g/mol. The second-order valence-electron chi connectivity index (χ2n) is 3.52. The number of fused-ring (bicyclic) bond motifs is 1. The van der Waals surface area contributed by atoms with Gasteiger partial charge < -0.3 is 11.1 Å². The molecule has 7 heteroatoms. The van der Waals surface area contributed by atoms with Crippen LogP contribution in [0.15, 0.2) is 16.6 Å². The largest absolute Gasteiger partial charge is 0.320 e. The third kappa shape index (κ3) is 1.79. The molecule has 0 aromatic heterocycles. The van der Waals surface area contributed by atoms with Crippen molar-refractivity contribution >= 4 is 33.2 Å². The molecule has 0 radical (unpaired) electrons. The topological polar surface area (TPSA) is 98.3 Å². The molecular weight excluding hydrogens is 278 g/mol. The van der Waals surface area contributed by atoms with Gasteiger partial charge in [0.2, 0.25) is 5.91 Å². The van der Waals surface area contributed by atoms with Crippen molar-refractivity contribution in [3.8, 4) is 0 Å². The van der Waals surface area contributed by atoms with Gasteiger partial charge in [-0.25, -0.2) is 0 Å². The van der Waals surface area contributed by atoms with Crippen LogP contribution in [0.25, 0.3) is 0 Å². The minimum Gasteiger partial charge on any atom is -0.320 e. The first-order valence-corrected chi connectivity index (χ1v) is 5.31. The normalized spacial score (nSPS) is 18.9. The summed E-state index contributed by atoms with van der Waals surface area (Å²) in [6, 6.07) is 2.43. The van der Waals surface area contributed by atoms with E-state index in [0.717, 1.165) is 0 Å². The summed E-state index contributed by atoms with van der Waals surface area (Å²) in [6.07, 6.45) is 0.307. The molecule has 0 fully saturated rings. The smallest absolute Gasteiger partial charge is 0.294 e. The molecule has 16 heavy (non-hydrogen) atoms. The number of amides is 1. The molecule has 1 aromatic rings. The fourth-order valence-electron chi connectivity index (χ4n) is 1.64. The van der Waals surface area contributed by atoms with Crippen molar-refractivity contribution < 1.29 is 9.72 Å². The summed E-state index contributed by atoms with van der Waals surface area (Å²) in [7, 11) is 0. The Morgan fingerprint density at radius 2 is 2.25 bits per heavy atom. The van der Waals surface area contributed by atoms with Gasteiger partial charge in [0.1, 0.15) is 5.69 Å². The van der Waals surface area contributed by atoms with E-state index in [2.05, 4.69) is 21.2 Å². The van der Waals surface area contributed by atoms with Crippen molar-refractivity contribution in [1.82, 2.24) is 0 Å². The monoisotopic (exact) mass is 285 g/mol. The van der Waals surface area contributed by atoms with Gasteiger partial charge in [0.15, 0.2) is 0 Å². The van der Waals surface area contributed by atoms with E-state index in [1.165, 1.54) is 6.07 Å². The Hall–Kier alpha value is -1.47. The molecule has 0 saturated carbocycles. The molecule has 1 unspecified atom stereocenters. The molecule has 6 nitrogen and oxygen atoms in total. The fraction of sp³-hybridized carbons (Fsp3) is 0.222. The highest BCUT2D eigenvalue weighted by molar-refractivity contribution is 9.10. The number of nitro benzene ring substituents is 1.